The fourth-order valence-electron chi connectivity index (χ4n) is 1.41. The summed E-state index contributed by atoms with van der Waals surface area (Å²) < 4.78 is 0. The molecule has 0 amide bonds. The lowest BCUT2D eigenvalue weighted by Crippen LogP contribution is -1.95. The van der Waals surface area contributed by atoms with Crippen molar-refractivity contribution in [3.8, 4) is 5.75 Å². The fraction of sp³-hybridized carbons (Fsp3) is 0.111. The Labute approximate surface area is 79.0 Å². The molecule has 0 aromatic carbocycles. The second kappa shape index (κ2) is 2.73. The molecule has 0 unspecified atom stereocenters. The number of aromatic nitrogens is 2. The molecule has 3 N–H and O–H groups in total. The smallest absolute Gasteiger partial charge is 0.337 e. The van der Waals surface area contributed by atoms with Gasteiger partial charge in [-0.1, -0.05) is 0 Å². The summed E-state index contributed by atoms with van der Waals surface area (Å²) in [5.41, 5.74) is 1.12. The predicted molar refractivity (Wildman–Crippen MR) is 49.5 cm³/mol. The monoisotopic (exact) mass is 192 g/mol. The van der Waals surface area contributed by atoms with Gasteiger partial charge in [0, 0.05) is 17.1 Å². The Morgan fingerprint density at radius 2 is 2.29 bits per heavy atom. The van der Waals surface area contributed by atoms with Crippen molar-refractivity contribution in [1.82, 2.24) is 9.97 Å². The molecule has 0 atom stereocenters. The van der Waals surface area contributed by atoms with Crippen LogP contribution in [0.15, 0.2) is 12.4 Å². The molecular formula is C9H8N2O3. The normalized spacial score (nSPS) is 10.6. The van der Waals surface area contributed by atoms with Gasteiger partial charge < -0.3 is 15.2 Å². The molecule has 0 fully saturated rings. The maximum Gasteiger partial charge on any atom is 0.337 e. The van der Waals surface area contributed by atoms with Gasteiger partial charge in [0.25, 0.3) is 0 Å². The highest BCUT2D eigenvalue weighted by atomic mass is 16.4. The van der Waals surface area contributed by atoms with E-state index in [-0.39, 0.29) is 11.3 Å². The van der Waals surface area contributed by atoms with Crippen LogP contribution in [0.2, 0.25) is 0 Å². The molecule has 0 aliphatic rings. The van der Waals surface area contributed by atoms with E-state index in [2.05, 4.69) is 9.97 Å². The van der Waals surface area contributed by atoms with Crippen LogP contribution in [0.3, 0.4) is 0 Å². The van der Waals surface area contributed by atoms with Gasteiger partial charge in [-0.2, -0.15) is 0 Å². The highest BCUT2D eigenvalue weighted by Gasteiger charge is 2.14. The highest BCUT2D eigenvalue weighted by Crippen LogP contribution is 2.26. The first-order chi connectivity index (χ1) is 6.61. The molecule has 5 nitrogen and oxygen atoms in total. The quantitative estimate of drug-likeness (QED) is 0.635. The molecule has 72 valence electrons. The van der Waals surface area contributed by atoms with Crippen molar-refractivity contribution in [3.05, 3.63) is 23.5 Å². The summed E-state index contributed by atoms with van der Waals surface area (Å²) in [5.74, 6) is -1.04. The molecule has 14 heavy (non-hydrogen) atoms. The zero-order chi connectivity index (χ0) is 10.3. The third kappa shape index (κ3) is 1.02. The molecule has 2 aromatic rings. The van der Waals surface area contributed by atoms with Gasteiger partial charge in [-0.3, -0.25) is 0 Å². The van der Waals surface area contributed by atoms with Crippen molar-refractivity contribution in [1.29, 1.82) is 0 Å². The SMILES string of the molecule is Cc1c(O)cnc2[nH]cc(C(=O)O)c12. The van der Waals surface area contributed by atoms with E-state index in [0.29, 0.717) is 16.6 Å². The molecule has 5 heteroatoms. The lowest BCUT2D eigenvalue weighted by molar-refractivity contribution is 0.0699. The topological polar surface area (TPSA) is 86.2 Å². The lowest BCUT2D eigenvalue weighted by atomic mass is 10.1. The number of carbonyl (C=O) groups is 1. The van der Waals surface area contributed by atoms with Crippen LogP contribution in [-0.4, -0.2) is 26.2 Å². The predicted octanol–water partition coefficient (Wildman–Crippen LogP) is 1.28. The summed E-state index contributed by atoms with van der Waals surface area (Å²) in [6.45, 7) is 1.65. The van der Waals surface area contributed by atoms with Gasteiger partial charge in [0.2, 0.25) is 0 Å². The Morgan fingerprint density at radius 3 is 2.93 bits per heavy atom. The van der Waals surface area contributed by atoms with Gasteiger partial charge in [-0.25, -0.2) is 9.78 Å². The number of H-pyrrole nitrogens is 1. The van der Waals surface area contributed by atoms with Crippen LogP contribution in [0.1, 0.15) is 15.9 Å². The van der Waals surface area contributed by atoms with E-state index in [9.17, 15) is 9.90 Å². The number of nitrogens with zero attached hydrogens (tertiary/aromatic N) is 1. The van der Waals surface area contributed by atoms with E-state index in [1.807, 2.05) is 0 Å². The van der Waals surface area contributed by atoms with Gasteiger partial charge in [0.1, 0.15) is 11.4 Å². The summed E-state index contributed by atoms with van der Waals surface area (Å²) >= 11 is 0. The molecule has 2 heterocycles. The Kier molecular flexibility index (Phi) is 1.67. The Bertz CT molecular complexity index is 516. The van der Waals surface area contributed by atoms with Crippen molar-refractivity contribution >= 4 is 17.0 Å². The molecule has 0 bridgehead atoms. The van der Waals surface area contributed by atoms with Crippen molar-refractivity contribution < 1.29 is 15.0 Å². The van der Waals surface area contributed by atoms with Gasteiger partial charge in [0.05, 0.1) is 11.8 Å². The lowest BCUT2D eigenvalue weighted by Gasteiger charge is -1.99. The van der Waals surface area contributed by atoms with E-state index in [1.165, 1.54) is 12.4 Å². The summed E-state index contributed by atoms with van der Waals surface area (Å²) in [6, 6.07) is 0. The third-order valence-corrected chi connectivity index (χ3v) is 2.16. The van der Waals surface area contributed by atoms with Gasteiger partial charge in [-0.15, -0.1) is 0 Å². The van der Waals surface area contributed by atoms with Crippen LogP contribution in [0.4, 0.5) is 0 Å². The number of hydrogen-bond acceptors (Lipinski definition) is 3. The maximum absolute atomic E-state index is 10.8. The molecular weight excluding hydrogens is 184 g/mol. The first kappa shape index (κ1) is 8.55. The van der Waals surface area contributed by atoms with Crippen LogP contribution in [0.25, 0.3) is 11.0 Å². The van der Waals surface area contributed by atoms with Crippen molar-refractivity contribution in [2.24, 2.45) is 0 Å². The van der Waals surface area contributed by atoms with E-state index in [1.54, 1.807) is 6.92 Å². The Morgan fingerprint density at radius 1 is 1.57 bits per heavy atom. The average Bonchev–Trinajstić information content (AvgIpc) is 2.55. The zero-order valence-electron chi connectivity index (χ0n) is 7.40. The van der Waals surface area contributed by atoms with Gasteiger partial charge in [0.15, 0.2) is 0 Å². The van der Waals surface area contributed by atoms with E-state index < -0.39 is 5.97 Å². The number of fused-ring (bicyclic) bond motifs is 1. The van der Waals surface area contributed by atoms with Crippen molar-refractivity contribution in [2.45, 2.75) is 6.92 Å². The average molecular weight is 192 g/mol. The first-order valence-corrected chi connectivity index (χ1v) is 4.00. The van der Waals surface area contributed by atoms with Crippen molar-refractivity contribution in [3.63, 3.8) is 0 Å². The minimum absolute atomic E-state index is 0.000370. The van der Waals surface area contributed by atoms with Crippen LogP contribution in [0, 0.1) is 6.92 Å². The number of carboxylic acid groups (broad SMARTS) is 1. The molecule has 0 spiro atoms. The van der Waals surface area contributed by atoms with Crippen LogP contribution in [0.5, 0.6) is 5.75 Å². The van der Waals surface area contributed by atoms with Crippen molar-refractivity contribution in [2.75, 3.05) is 0 Å². The summed E-state index contributed by atoms with van der Waals surface area (Å²) in [4.78, 5) is 17.4. The molecule has 2 rings (SSSR count). The number of carboxylic acids is 1. The number of hydrogen-bond donors (Lipinski definition) is 3. The Hall–Kier alpha value is -2.04. The molecule has 2 aromatic heterocycles. The second-order valence-electron chi connectivity index (χ2n) is 3.00. The number of aromatic hydroxyl groups is 1. The van der Waals surface area contributed by atoms with E-state index in [0.717, 1.165) is 0 Å². The first-order valence-electron chi connectivity index (χ1n) is 4.00. The summed E-state index contributed by atoms with van der Waals surface area (Å²) in [6.07, 6.45) is 2.66. The largest absolute Gasteiger partial charge is 0.506 e. The van der Waals surface area contributed by atoms with Crippen LogP contribution >= 0.6 is 0 Å². The maximum atomic E-state index is 10.8. The second-order valence-corrected chi connectivity index (χ2v) is 3.00. The number of rotatable bonds is 1. The number of pyridine rings is 1. The third-order valence-electron chi connectivity index (χ3n) is 2.16. The summed E-state index contributed by atoms with van der Waals surface area (Å²) in [7, 11) is 0. The van der Waals surface area contributed by atoms with Gasteiger partial charge >= 0.3 is 5.97 Å². The highest BCUT2D eigenvalue weighted by molar-refractivity contribution is 6.03. The van der Waals surface area contributed by atoms with E-state index >= 15 is 0 Å². The molecule has 0 saturated heterocycles. The van der Waals surface area contributed by atoms with Crippen LogP contribution < -0.4 is 0 Å². The Balaban J connectivity index is 2.89. The molecule has 0 aliphatic heterocycles. The molecule has 0 radical (unpaired) electrons. The number of aromatic amines is 1. The van der Waals surface area contributed by atoms with E-state index in [4.69, 9.17) is 5.11 Å². The minimum atomic E-state index is -1.04. The fourth-order valence-corrected chi connectivity index (χ4v) is 1.41. The zero-order valence-corrected chi connectivity index (χ0v) is 7.40. The number of aromatic carboxylic acids is 1. The minimum Gasteiger partial charge on any atom is -0.506 e. The number of nitrogens with one attached hydrogen (secondary N) is 1. The van der Waals surface area contributed by atoms with Gasteiger partial charge in [-0.05, 0) is 6.92 Å². The summed E-state index contributed by atoms with van der Waals surface area (Å²) in [5, 5.41) is 18.7. The standard InChI is InChI=1S/C9H8N2O3/c1-4-6(12)3-11-8-7(4)5(2-10-8)9(13)14/h2-3,12H,1H3,(H,10,11)(H,13,14). The molecule has 0 aliphatic carbocycles. The molecule has 0 saturated carbocycles. The number of aryl methyl sites for hydroxylation is 1. The van der Waals surface area contributed by atoms with Crippen LogP contribution in [-0.2, 0) is 0 Å².